The van der Waals surface area contributed by atoms with Crippen molar-refractivity contribution in [1.82, 2.24) is 4.57 Å². The summed E-state index contributed by atoms with van der Waals surface area (Å²) in [6.45, 7) is 27.8. The van der Waals surface area contributed by atoms with E-state index in [-0.39, 0.29) is 28.4 Å². The van der Waals surface area contributed by atoms with Crippen molar-refractivity contribution in [1.29, 1.82) is 0 Å². The molecule has 0 saturated heterocycles. The van der Waals surface area contributed by atoms with Gasteiger partial charge in [0.2, 0.25) is 0 Å². The highest BCUT2D eigenvalue weighted by atomic mass is 16.5. The molecule has 4 heterocycles. The van der Waals surface area contributed by atoms with E-state index in [2.05, 4.69) is 377 Å². The number of benzene rings is 13. The van der Waals surface area contributed by atoms with E-state index in [9.17, 15) is 0 Å². The van der Waals surface area contributed by atoms with E-state index < -0.39 is 5.41 Å². The summed E-state index contributed by atoms with van der Waals surface area (Å²) in [4.78, 5) is 5.29. The van der Waals surface area contributed by atoms with Gasteiger partial charge in [0.25, 0.3) is 6.71 Å². The molecule has 1 spiro atoms. The third-order valence-corrected chi connectivity index (χ3v) is 22.2. The molecule has 486 valence electrons. The van der Waals surface area contributed by atoms with Crippen molar-refractivity contribution in [2.24, 2.45) is 0 Å². The minimum absolute atomic E-state index is 0.0510. The van der Waals surface area contributed by atoms with Crippen LogP contribution < -0.4 is 30.9 Å². The average molecular weight is 1290 g/mol. The number of aromatic nitrogens is 1. The van der Waals surface area contributed by atoms with Crippen LogP contribution in [0.4, 0.5) is 34.1 Å². The van der Waals surface area contributed by atoms with Crippen LogP contribution in [0, 0.1) is 0 Å². The lowest BCUT2D eigenvalue weighted by molar-refractivity contribution is 0.437. The molecule has 1 aliphatic carbocycles. The lowest BCUT2D eigenvalue weighted by Crippen LogP contribution is -2.61. The van der Waals surface area contributed by atoms with Crippen LogP contribution in [0.5, 0.6) is 11.5 Å². The van der Waals surface area contributed by atoms with E-state index in [0.717, 1.165) is 90.3 Å². The number of hydrogen-bond acceptors (Lipinski definition) is 3. The van der Waals surface area contributed by atoms with Gasteiger partial charge in [0.05, 0.1) is 27.8 Å². The maximum absolute atomic E-state index is 7.58. The SMILES string of the molecule is CC(C)(C)c1cc(-c2cc3c4c(c2)N(c2ccccc2-c2ccccc2)c2cc5c(cc2B4c2ccc(-n4c6ccc(C(C)(C)C)cc6c6cc(C(C)(C)C)ccc64)cc2N3c2ccccc2-c2ccccc2)C2(c3ccccc3O5)c3ccccc3-c3ccccc32)cc(C(C)(C)C)c1. The first-order valence-electron chi connectivity index (χ1n) is 35.8. The zero-order valence-electron chi connectivity index (χ0n) is 59.4. The summed E-state index contributed by atoms with van der Waals surface area (Å²) in [6, 6.07) is 107. The van der Waals surface area contributed by atoms with Gasteiger partial charge in [0, 0.05) is 67.5 Å². The van der Waals surface area contributed by atoms with Crippen LogP contribution in [-0.4, -0.2) is 11.3 Å². The fraction of sp³-hybridized carbons (Fsp3) is 0.179. The molecule has 3 aliphatic heterocycles. The Balaban J connectivity index is 1.01. The zero-order chi connectivity index (χ0) is 68.5. The van der Waals surface area contributed by atoms with Crippen LogP contribution in [0.3, 0.4) is 0 Å². The number of hydrogen-bond donors (Lipinski definition) is 0. The molecule has 18 rings (SSSR count). The lowest BCUT2D eigenvalue weighted by Gasteiger charge is -2.46. The summed E-state index contributed by atoms with van der Waals surface area (Å²) in [5.74, 6) is 1.71. The van der Waals surface area contributed by atoms with E-state index in [1.165, 1.54) is 88.3 Å². The fourth-order valence-corrected chi connectivity index (χ4v) is 17.1. The third-order valence-electron chi connectivity index (χ3n) is 22.2. The minimum atomic E-state index is -0.715. The van der Waals surface area contributed by atoms with Gasteiger partial charge in [-0.3, -0.25) is 0 Å². The topological polar surface area (TPSA) is 20.6 Å². The van der Waals surface area contributed by atoms with Gasteiger partial charge in [-0.15, -0.1) is 0 Å². The zero-order valence-corrected chi connectivity index (χ0v) is 59.4. The standard InChI is InChI=1S/C95H82BN3O/c1-91(2,3)63-43-47-82-72(54-63)73-55-64(92(4,5)6)44-48-83(73)97(82)67-45-46-78-84(56-67)98(80-40-26-21-33-68(80)59-29-15-13-16-30-59)86-51-62(61-49-65(93(7,8)9)53-66(50-61)94(10,11)12)52-87-90(86)96(78)79-57-77-89(58-85(79)99(87)81-41-27-22-34-69(81)60-31-17-14-18-32-60)100-88-42-28-25-39-76(88)95(77)74-37-23-19-35-70(74)71-36-20-24-38-75(71)95/h13-58H,1-12H3. The molecule has 4 aliphatic rings. The van der Waals surface area contributed by atoms with Crippen LogP contribution in [0.25, 0.3) is 72.0 Å². The van der Waals surface area contributed by atoms with Gasteiger partial charge in [-0.05, 0) is 172 Å². The second-order valence-corrected chi connectivity index (χ2v) is 32.5. The lowest BCUT2D eigenvalue weighted by atomic mass is 9.33. The number of ether oxygens (including phenoxy) is 1. The molecule has 0 amide bonds. The molecule has 1 aromatic heterocycles. The molecular weight excluding hydrogens is 1210 g/mol. The highest BCUT2D eigenvalue weighted by Gasteiger charge is 2.53. The van der Waals surface area contributed by atoms with Crippen LogP contribution >= 0.6 is 0 Å². The van der Waals surface area contributed by atoms with E-state index in [4.69, 9.17) is 4.74 Å². The maximum atomic E-state index is 7.58. The molecule has 14 aromatic rings. The van der Waals surface area contributed by atoms with Gasteiger partial charge in [0.1, 0.15) is 11.5 Å². The minimum Gasteiger partial charge on any atom is -0.457 e. The highest BCUT2D eigenvalue weighted by Crippen LogP contribution is 2.63. The highest BCUT2D eigenvalue weighted by molar-refractivity contribution is 7.00. The second kappa shape index (κ2) is 22.1. The van der Waals surface area contributed by atoms with Crippen LogP contribution in [0.2, 0.25) is 0 Å². The van der Waals surface area contributed by atoms with Crippen molar-refractivity contribution in [2.45, 2.75) is 110 Å². The Morgan fingerprint density at radius 1 is 0.290 bits per heavy atom. The molecule has 0 bridgehead atoms. The average Bonchev–Trinajstić information content (AvgIpc) is 1.25. The van der Waals surface area contributed by atoms with E-state index in [0.29, 0.717) is 0 Å². The van der Waals surface area contributed by atoms with Crippen LogP contribution in [-0.2, 0) is 27.1 Å². The number of rotatable bonds is 6. The van der Waals surface area contributed by atoms with Crippen molar-refractivity contribution in [3.05, 3.63) is 324 Å². The summed E-state index contributed by atoms with van der Waals surface area (Å²) in [5.41, 5.74) is 32.2. The van der Waals surface area contributed by atoms with Gasteiger partial charge in [0.15, 0.2) is 0 Å². The van der Waals surface area contributed by atoms with Gasteiger partial charge in [-0.25, -0.2) is 0 Å². The Morgan fingerprint density at radius 2 is 0.730 bits per heavy atom. The summed E-state index contributed by atoms with van der Waals surface area (Å²) >= 11 is 0. The largest absolute Gasteiger partial charge is 0.457 e. The Kier molecular flexibility index (Phi) is 13.6. The summed E-state index contributed by atoms with van der Waals surface area (Å²) in [7, 11) is 0. The van der Waals surface area contributed by atoms with Crippen molar-refractivity contribution in [3.63, 3.8) is 0 Å². The van der Waals surface area contributed by atoms with Crippen molar-refractivity contribution in [2.75, 3.05) is 9.80 Å². The molecule has 0 unspecified atom stereocenters. The quantitative estimate of drug-likeness (QED) is 0.155. The first-order valence-corrected chi connectivity index (χ1v) is 35.8. The van der Waals surface area contributed by atoms with Crippen LogP contribution in [0.1, 0.15) is 128 Å². The predicted molar refractivity (Wildman–Crippen MR) is 423 cm³/mol. The smallest absolute Gasteiger partial charge is 0.252 e. The molecule has 0 fully saturated rings. The fourth-order valence-electron chi connectivity index (χ4n) is 17.1. The van der Waals surface area contributed by atoms with Gasteiger partial charge in [-0.2, -0.15) is 0 Å². The first kappa shape index (κ1) is 61.5. The molecule has 0 N–H and O–H groups in total. The summed E-state index contributed by atoms with van der Waals surface area (Å²) < 4.78 is 10.1. The Morgan fingerprint density at radius 3 is 1.24 bits per heavy atom. The van der Waals surface area contributed by atoms with Crippen molar-refractivity contribution >= 4 is 79.0 Å². The van der Waals surface area contributed by atoms with E-state index >= 15 is 0 Å². The van der Waals surface area contributed by atoms with Crippen LogP contribution in [0.15, 0.2) is 279 Å². The molecule has 0 saturated carbocycles. The number of anilines is 6. The third kappa shape index (κ3) is 9.33. The summed E-state index contributed by atoms with van der Waals surface area (Å²) in [6.07, 6.45) is 0. The molecule has 100 heavy (non-hydrogen) atoms. The number of para-hydroxylation sites is 3. The van der Waals surface area contributed by atoms with Gasteiger partial charge >= 0.3 is 0 Å². The Bertz CT molecular complexity index is 5560. The van der Waals surface area contributed by atoms with Crippen molar-refractivity contribution < 1.29 is 4.74 Å². The predicted octanol–water partition coefficient (Wildman–Crippen LogP) is 23.5. The van der Waals surface area contributed by atoms with E-state index in [1.807, 2.05) is 0 Å². The molecular formula is C95H82BN3O. The normalized spacial score (nSPS) is 14.1. The molecule has 4 nitrogen and oxygen atoms in total. The molecule has 0 radical (unpaired) electrons. The monoisotopic (exact) mass is 1290 g/mol. The number of fused-ring (bicyclic) bond motifs is 16. The van der Waals surface area contributed by atoms with E-state index in [1.54, 1.807) is 0 Å². The first-order chi connectivity index (χ1) is 48.1. The molecule has 13 aromatic carbocycles. The van der Waals surface area contributed by atoms with Gasteiger partial charge in [-0.1, -0.05) is 289 Å². The Hall–Kier alpha value is -10.9. The van der Waals surface area contributed by atoms with Gasteiger partial charge < -0.3 is 19.1 Å². The summed E-state index contributed by atoms with van der Waals surface area (Å²) in [5, 5.41) is 2.53. The number of nitrogens with zero attached hydrogens (tertiary/aromatic N) is 3. The van der Waals surface area contributed by atoms with Crippen molar-refractivity contribution in [3.8, 4) is 61.7 Å². The second-order valence-electron chi connectivity index (χ2n) is 32.5. The molecule has 5 heteroatoms. The maximum Gasteiger partial charge on any atom is 0.252 e. The Labute approximate surface area is 589 Å². The molecule has 0 atom stereocenters.